The molecular formula is C18H11Cl2FN4O2S. The Balaban J connectivity index is 2.27. The number of sulfone groups is 1. The molecule has 28 heavy (non-hydrogen) atoms. The summed E-state index contributed by atoms with van der Waals surface area (Å²) in [6.07, 6.45) is 3.72. The van der Waals surface area contributed by atoms with E-state index in [1.54, 1.807) is 12.1 Å². The number of aromatic nitrogens is 4. The van der Waals surface area contributed by atoms with E-state index in [9.17, 15) is 12.8 Å². The summed E-state index contributed by atoms with van der Waals surface area (Å²) in [6, 6.07) is 8.54. The third kappa shape index (κ3) is 3.23. The Labute approximate surface area is 169 Å². The van der Waals surface area contributed by atoms with Crippen LogP contribution in [0.15, 0.2) is 54.1 Å². The third-order valence-corrected chi connectivity index (χ3v) is 5.63. The molecule has 2 aromatic carbocycles. The lowest BCUT2D eigenvalue weighted by Crippen LogP contribution is -2.09. The summed E-state index contributed by atoms with van der Waals surface area (Å²) in [6.45, 7) is 0. The minimum atomic E-state index is -3.78. The van der Waals surface area contributed by atoms with E-state index in [-0.39, 0.29) is 15.6 Å². The number of nitrogens with zero attached hydrogens (tertiary/aromatic N) is 4. The van der Waals surface area contributed by atoms with Gasteiger partial charge in [-0.1, -0.05) is 29.3 Å². The molecule has 4 rings (SSSR count). The molecule has 2 aromatic heterocycles. The van der Waals surface area contributed by atoms with Crippen LogP contribution in [0.4, 0.5) is 4.39 Å². The first-order chi connectivity index (χ1) is 13.3. The van der Waals surface area contributed by atoms with Crippen molar-refractivity contribution in [3.63, 3.8) is 0 Å². The van der Waals surface area contributed by atoms with E-state index in [0.29, 0.717) is 27.2 Å². The maximum absolute atomic E-state index is 14.0. The molecule has 0 aliphatic rings. The van der Waals surface area contributed by atoms with Gasteiger partial charge in [-0.2, -0.15) is 5.10 Å². The summed E-state index contributed by atoms with van der Waals surface area (Å²) < 4.78 is 40.6. The van der Waals surface area contributed by atoms with E-state index < -0.39 is 15.7 Å². The van der Waals surface area contributed by atoms with Gasteiger partial charge in [0.1, 0.15) is 18.5 Å². The normalized spacial score (nSPS) is 11.9. The maximum Gasteiger partial charge on any atom is 0.193 e. The van der Waals surface area contributed by atoms with Gasteiger partial charge in [-0.15, -0.1) is 0 Å². The first-order valence-corrected chi connectivity index (χ1v) is 10.5. The molecule has 0 aliphatic heterocycles. The number of hydrogen-bond donors (Lipinski definition) is 0. The van der Waals surface area contributed by atoms with E-state index in [1.807, 2.05) is 0 Å². The number of rotatable bonds is 3. The molecule has 0 radical (unpaired) electrons. The van der Waals surface area contributed by atoms with Crippen molar-refractivity contribution < 1.29 is 12.8 Å². The topological polar surface area (TPSA) is 77.7 Å². The molecule has 4 aromatic rings. The molecule has 142 valence electrons. The van der Waals surface area contributed by atoms with Crippen molar-refractivity contribution >= 4 is 43.9 Å². The van der Waals surface area contributed by atoms with Crippen LogP contribution in [-0.2, 0) is 9.84 Å². The number of benzene rings is 2. The zero-order valence-electron chi connectivity index (χ0n) is 14.3. The molecule has 0 spiro atoms. The largest absolute Gasteiger partial charge is 0.235 e. The highest BCUT2D eigenvalue weighted by molar-refractivity contribution is 7.90. The van der Waals surface area contributed by atoms with Crippen LogP contribution in [0.2, 0.25) is 10.0 Å². The maximum atomic E-state index is 14.0. The molecule has 2 heterocycles. The van der Waals surface area contributed by atoms with Crippen LogP contribution in [0.3, 0.4) is 0 Å². The number of fused-ring (bicyclic) bond motifs is 1. The van der Waals surface area contributed by atoms with Crippen LogP contribution in [0.1, 0.15) is 0 Å². The lowest BCUT2D eigenvalue weighted by atomic mass is 10.0. The van der Waals surface area contributed by atoms with Gasteiger partial charge in [0.05, 0.1) is 16.2 Å². The predicted octanol–water partition coefficient (Wildman–Crippen LogP) is 4.33. The molecule has 0 saturated heterocycles. The molecule has 0 bridgehead atoms. The van der Waals surface area contributed by atoms with Gasteiger partial charge < -0.3 is 0 Å². The second-order valence-corrected chi connectivity index (χ2v) is 8.81. The summed E-state index contributed by atoms with van der Waals surface area (Å²) in [5.41, 5.74) is 1.15. The van der Waals surface area contributed by atoms with Crippen molar-refractivity contribution in [2.75, 3.05) is 6.26 Å². The number of halogens is 3. The molecule has 6 nitrogen and oxygen atoms in total. The summed E-state index contributed by atoms with van der Waals surface area (Å²) in [7, 11) is -3.78. The fourth-order valence-electron chi connectivity index (χ4n) is 2.96. The number of hydrogen-bond acceptors (Lipinski definition) is 5. The van der Waals surface area contributed by atoms with E-state index in [1.165, 1.54) is 41.6 Å². The van der Waals surface area contributed by atoms with Gasteiger partial charge in [0.25, 0.3) is 0 Å². The van der Waals surface area contributed by atoms with Crippen molar-refractivity contribution in [2.45, 2.75) is 5.03 Å². The van der Waals surface area contributed by atoms with E-state index >= 15 is 0 Å². The molecule has 0 N–H and O–H groups in total. The van der Waals surface area contributed by atoms with Crippen molar-refractivity contribution in [2.24, 2.45) is 0 Å². The molecule has 0 atom stereocenters. The fourth-order valence-corrected chi connectivity index (χ4v) is 4.31. The van der Waals surface area contributed by atoms with E-state index in [0.717, 1.165) is 6.26 Å². The van der Waals surface area contributed by atoms with Crippen LogP contribution in [0.5, 0.6) is 0 Å². The zero-order chi connectivity index (χ0) is 20.1. The summed E-state index contributed by atoms with van der Waals surface area (Å²) >= 11 is 12.4. The Kier molecular flexibility index (Phi) is 4.57. The Morgan fingerprint density at radius 2 is 1.89 bits per heavy atom. The second kappa shape index (κ2) is 6.80. The molecule has 0 fully saturated rings. The zero-order valence-corrected chi connectivity index (χ0v) is 16.6. The van der Waals surface area contributed by atoms with Gasteiger partial charge in [-0.3, -0.25) is 0 Å². The quantitative estimate of drug-likeness (QED) is 0.477. The molecular weight excluding hydrogens is 426 g/mol. The van der Waals surface area contributed by atoms with Gasteiger partial charge in [0.15, 0.2) is 14.9 Å². The molecule has 0 aliphatic carbocycles. The Hall–Kier alpha value is -2.55. The van der Waals surface area contributed by atoms with E-state index in [2.05, 4.69) is 15.1 Å². The van der Waals surface area contributed by atoms with Gasteiger partial charge in [0.2, 0.25) is 0 Å². The van der Waals surface area contributed by atoms with E-state index in [4.69, 9.17) is 23.2 Å². The average molecular weight is 437 g/mol. The number of pyridine rings is 1. The van der Waals surface area contributed by atoms with Crippen LogP contribution in [0, 0.1) is 5.82 Å². The minimum absolute atomic E-state index is 0.188. The van der Waals surface area contributed by atoms with Crippen molar-refractivity contribution in [1.82, 2.24) is 19.7 Å². The first-order valence-electron chi connectivity index (χ1n) is 7.89. The standard InChI is InChI=1S/C18H11Cl2FN4O2S/c1-28(26,27)18-16(12-4-2-10(19)6-14(12)20)17(25-9-22-8-23-25)13-7-11(21)3-5-15(13)24-18/h2-9H,1H3. The van der Waals surface area contributed by atoms with Crippen LogP contribution in [-0.4, -0.2) is 34.4 Å². The summed E-state index contributed by atoms with van der Waals surface area (Å²) in [4.78, 5) is 8.22. The van der Waals surface area contributed by atoms with Crippen LogP contribution in [0.25, 0.3) is 27.7 Å². The summed E-state index contributed by atoms with van der Waals surface area (Å²) in [5, 5.41) is 4.87. The van der Waals surface area contributed by atoms with Gasteiger partial charge >= 0.3 is 0 Å². The third-order valence-electron chi connectivity index (χ3n) is 4.09. The minimum Gasteiger partial charge on any atom is -0.235 e. The lowest BCUT2D eigenvalue weighted by Gasteiger charge is -2.17. The highest BCUT2D eigenvalue weighted by Gasteiger charge is 2.26. The smallest absolute Gasteiger partial charge is 0.193 e. The van der Waals surface area contributed by atoms with Crippen molar-refractivity contribution in [3.8, 4) is 16.8 Å². The Bertz CT molecular complexity index is 1330. The van der Waals surface area contributed by atoms with Gasteiger partial charge in [-0.05, 0) is 30.3 Å². The molecule has 10 heteroatoms. The predicted molar refractivity (Wildman–Crippen MR) is 105 cm³/mol. The second-order valence-electron chi connectivity index (χ2n) is 6.04. The SMILES string of the molecule is CS(=O)(=O)c1nc2ccc(F)cc2c(-n2cncn2)c1-c1ccc(Cl)cc1Cl. The van der Waals surface area contributed by atoms with Crippen molar-refractivity contribution in [1.29, 1.82) is 0 Å². The van der Waals surface area contributed by atoms with Gasteiger partial charge in [0, 0.05) is 27.8 Å². The molecule has 0 unspecified atom stereocenters. The Morgan fingerprint density at radius 1 is 1.11 bits per heavy atom. The molecule has 0 amide bonds. The lowest BCUT2D eigenvalue weighted by molar-refractivity contribution is 0.599. The highest BCUT2D eigenvalue weighted by Crippen LogP contribution is 2.40. The van der Waals surface area contributed by atoms with Crippen molar-refractivity contribution in [3.05, 3.63) is 64.9 Å². The monoisotopic (exact) mass is 436 g/mol. The fraction of sp³-hybridized carbons (Fsp3) is 0.0556. The molecule has 0 saturated carbocycles. The first kappa shape index (κ1) is 18.8. The highest BCUT2D eigenvalue weighted by atomic mass is 35.5. The van der Waals surface area contributed by atoms with Crippen LogP contribution >= 0.6 is 23.2 Å². The van der Waals surface area contributed by atoms with Crippen LogP contribution < -0.4 is 0 Å². The summed E-state index contributed by atoms with van der Waals surface area (Å²) in [5.74, 6) is -0.504. The average Bonchev–Trinajstić information content (AvgIpc) is 3.14. The Morgan fingerprint density at radius 3 is 2.54 bits per heavy atom. The van der Waals surface area contributed by atoms with Gasteiger partial charge in [-0.25, -0.2) is 27.5 Å².